The molecule has 0 heterocycles. The van der Waals surface area contributed by atoms with Crippen molar-refractivity contribution in [2.45, 2.75) is 38.9 Å². The molecule has 0 aliphatic heterocycles. The van der Waals surface area contributed by atoms with Crippen molar-refractivity contribution < 1.29 is 33.9 Å². The molecule has 0 radical (unpaired) electrons. The number of nitrogens with one attached hydrogen (secondary N) is 2. The fourth-order valence-corrected chi connectivity index (χ4v) is 3.38. The van der Waals surface area contributed by atoms with Crippen LogP contribution in [0.5, 0.6) is 0 Å². The van der Waals surface area contributed by atoms with Crippen molar-refractivity contribution in [1.29, 1.82) is 0 Å². The van der Waals surface area contributed by atoms with Gasteiger partial charge in [-0.15, -0.1) is 0 Å². The highest BCUT2D eigenvalue weighted by Gasteiger charge is 2.32. The number of Topliss-reactive ketones (excluding diaryl/α,β-unsaturated/α-hetero) is 1. The van der Waals surface area contributed by atoms with Crippen LogP contribution in [0.4, 0.5) is 0 Å². The molecule has 3 amide bonds. The van der Waals surface area contributed by atoms with E-state index in [1.165, 1.54) is 17.0 Å². The Morgan fingerprint density at radius 1 is 0.917 bits per heavy atom. The van der Waals surface area contributed by atoms with E-state index in [-0.39, 0.29) is 12.1 Å². The van der Waals surface area contributed by atoms with Crippen LogP contribution in [0, 0.1) is 5.92 Å². The SMILES string of the molecule is CC(C)[C@H](NC(=O)C(=O)c1ccccc1)C(=O)N(CC(=O)N[C@@H](CC=O)C(=O)O)Cc1ccccc1. The van der Waals surface area contributed by atoms with Crippen LogP contribution in [-0.4, -0.2) is 64.4 Å². The molecule has 0 aliphatic carbocycles. The number of aliphatic carboxylic acids is 1. The minimum atomic E-state index is -1.44. The summed E-state index contributed by atoms with van der Waals surface area (Å²) in [6.07, 6.45) is -0.0555. The van der Waals surface area contributed by atoms with Crippen LogP contribution in [0.1, 0.15) is 36.2 Å². The van der Waals surface area contributed by atoms with E-state index in [1.54, 1.807) is 62.4 Å². The number of benzene rings is 2. The number of carboxylic acid groups (broad SMARTS) is 1. The van der Waals surface area contributed by atoms with Crippen molar-refractivity contribution in [3.63, 3.8) is 0 Å². The molecule has 10 heteroatoms. The molecule has 0 bridgehead atoms. The largest absolute Gasteiger partial charge is 0.480 e. The first-order valence-electron chi connectivity index (χ1n) is 11.3. The molecule has 0 fully saturated rings. The molecule has 10 nitrogen and oxygen atoms in total. The van der Waals surface area contributed by atoms with Gasteiger partial charge in [0.25, 0.3) is 5.91 Å². The predicted molar refractivity (Wildman–Crippen MR) is 130 cm³/mol. The highest BCUT2D eigenvalue weighted by atomic mass is 16.4. The smallest absolute Gasteiger partial charge is 0.326 e. The number of rotatable bonds is 13. The fourth-order valence-electron chi connectivity index (χ4n) is 3.38. The molecule has 0 saturated heterocycles. The van der Waals surface area contributed by atoms with Gasteiger partial charge in [-0.05, 0) is 11.5 Å². The molecule has 0 aromatic heterocycles. The minimum absolute atomic E-state index is 0.00969. The Hall–Kier alpha value is -4.34. The number of nitrogens with zero attached hydrogens (tertiary/aromatic N) is 1. The summed E-state index contributed by atoms with van der Waals surface area (Å²) < 4.78 is 0. The third-order valence-electron chi connectivity index (χ3n) is 5.29. The first-order valence-corrected chi connectivity index (χ1v) is 11.3. The number of amides is 3. The summed E-state index contributed by atoms with van der Waals surface area (Å²) in [4.78, 5) is 74.5. The molecule has 2 aromatic carbocycles. The second-order valence-electron chi connectivity index (χ2n) is 8.43. The third-order valence-corrected chi connectivity index (χ3v) is 5.29. The summed E-state index contributed by atoms with van der Waals surface area (Å²) in [5.74, 6) is -5.01. The maximum Gasteiger partial charge on any atom is 0.326 e. The molecular weight excluding hydrogens is 466 g/mol. The number of aldehydes is 1. The normalized spacial score (nSPS) is 12.2. The fraction of sp³-hybridized carbons (Fsp3) is 0.308. The highest BCUT2D eigenvalue weighted by Crippen LogP contribution is 2.12. The van der Waals surface area contributed by atoms with Gasteiger partial charge in [-0.3, -0.25) is 19.2 Å². The highest BCUT2D eigenvalue weighted by molar-refractivity contribution is 6.43. The number of hydrogen-bond donors (Lipinski definition) is 3. The summed E-state index contributed by atoms with van der Waals surface area (Å²) in [7, 11) is 0. The van der Waals surface area contributed by atoms with Gasteiger partial charge in [0, 0.05) is 18.5 Å². The van der Waals surface area contributed by atoms with Gasteiger partial charge in [-0.2, -0.15) is 0 Å². The lowest BCUT2D eigenvalue weighted by Gasteiger charge is -2.30. The number of carbonyl (C=O) groups excluding carboxylic acids is 5. The predicted octanol–water partition coefficient (Wildman–Crippen LogP) is 1.20. The van der Waals surface area contributed by atoms with Crippen LogP contribution >= 0.6 is 0 Å². The summed E-state index contributed by atoms with van der Waals surface area (Å²) in [6.45, 7) is 2.83. The van der Waals surface area contributed by atoms with Crippen LogP contribution < -0.4 is 10.6 Å². The summed E-state index contributed by atoms with van der Waals surface area (Å²) >= 11 is 0. The lowest BCUT2D eigenvalue weighted by molar-refractivity contribution is -0.144. The Bertz CT molecular complexity index is 1090. The number of carbonyl (C=O) groups is 6. The first-order chi connectivity index (χ1) is 17.1. The summed E-state index contributed by atoms with van der Waals surface area (Å²) in [5.41, 5.74) is 0.857. The molecule has 36 heavy (non-hydrogen) atoms. The first kappa shape index (κ1) is 27.9. The van der Waals surface area contributed by atoms with Crippen molar-refractivity contribution >= 4 is 35.8 Å². The average molecular weight is 496 g/mol. The van der Waals surface area contributed by atoms with Crippen molar-refractivity contribution in [2.75, 3.05) is 6.54 Å². The van der Waals surface area contributed by atoms with Gasteiger partial charge in [0.1, 0.15) is 18.4 Å². The topological polar surface area (TPSA) is 150 Å². The maximum absolute atomic E-state index is 13.5. The van der Waals surface area contributed by atoms with E-state index in [4.69, 9.17) is 0 Å². The average Bonchev–Trinajstić information content (AvgIpc) is 2.86. The monoisotopic (exact) mass is 495 g/mol. The molecule has 3 N–H and O–H groups in total. The Morgan fingerprint density at radius 2 is 1.50 bits per heavy atom. The van der Waals surface area contributed by atoms with Gasteiger partial charge >= 0.3 is 5.97 Å². The summed E-state index contributed by atoms with van der Waals surface area (Å²) in [5, 5.41) is 13.9. The Balaban J connectivity index is 2.25. The van der Waals surface area contributed by atoms with Crippen LogP contribution in [0.25, 0.3) is 0 Å². The zero-order valence-electron chi connectivity index (χ0n) is 20.0. The van der Waals surface area contributed by atoms with Crippen LogP contribution in [0.2, 0.25) is 0 Å². The zero-order chi connectivity index (χ0) is 26.7. The van der Waals surface area contributed by atoms with Crippen molar-refractivity contribution in [2.24, 2.45) is 5.92 Å². The second kappa shape index (κ2) is 13.5. The molecular formula is C26H29N3O7. The van der Waals surface area contributed by atoms with E-state index >= 15 is 0 Å². The molecule has 2 aromatic rings. The van der Waals surface area contributed by atoms with E-state index in [2.05, 4.69) is 10.6 Å². The van der Waals surface area contributed by atoms with E-state index in [1.807, 2.05) is 0 Å². The standard InChI is InChI=1S/C26H29N3O7/c1-17(2)22(28-24(33)23(32)19-11-7-4-8-12-19)25(34)29(15-18-9-5-3-6-10-18)16-21(31)27-20(13-14-30)26(35)36/h3-12,14,17,20,22H,13,15-16H2,1-2H3,(H,27,31)(H,28,33)(H,35,36)/t20-,22-/m0/s1. The molecule has 0 saturated carbocycles. The Kier molecular flexibility index (Phi) is 10.5. The number of ketones is 1. The van der Waals surface area contributed by atoms with Gasteiger partial charge in [0.2, 0.25) is 17.6 Å². The molecule has 0 unspecified atom stereocenters. The lowest BCUT2D eigenvalue weighted by atomic mass is 10.0. The molecule has 2 atom stereocenters. The van der Waals surface area contributed by atoms with Gasteiger partial charge in [-0.25, -0.2) is 4.79 Å². The van der Waals surface area contributed by atoms with Crippen molar-refractivity contribution in [1.82, 2.24) is 15.5 Å². The second-order valence-corrected chi connectivity index (χ2v) is 8.43. The quantitative estimate of drug-likeness (QED) is 0.215. The van der Waals surface area contributed by atoms with E-state index in [0.717, 1.165) is 0 Å². The van der Waals surface area contributed by atoms with Gasteiger partial charge < -0.3 is 25.4 Å². The van der Waals surface area contributed by atoms with Gasteiger partial charge in [0.15, 0.2) is 0 Å². The van der Waals surface area contributed by atoms with Gasteiger partial charge in [-0.1, -0.05) is 74.5 Å². The maximum atomic E-state index is 13.5. The third kappa shape index (κ3) is 8.15. The van der Waals surface area contributed by atoms with Gasteiger partial charge in [0.05, 0.1) is 6.54 Å². The Morgan fingerprint density at radius 3 is 2.03 bits per heavy atom. The molecule has 0 spiro atoms. The number of hydrogen-bond acceptors (Lipinski definition) is 6. The van der Waals surface area contributed by atoms with Crippen LogP contribution in [-0.2, 0) is 30.5 Å². The van der Waals surface area contributed by atoms with E-state index in [9.17, 15) is 33.9 Å². The van der Waals surface area contributed by atoms with E-state index < -0.39 is 60.4 Å². The summed E-state index contributed by atoms with van der Waals surface area (Å²) in [6, 6.07) is 14.1. The van der Waals surface area contributed by atoms with Crippen LogP contribution in [0.15, 0.2) is 60.7 Å². The molecule has 190 valence electrons. The molecule has 0 aliphatic rings. The molecule has 2 rings (SSSR count). The van der Waals surface area contributed by atoms with Crippen molar-refractivity contribution in [3.8, 4) is 0 Å². The van der Waals surface area contributed by atoms with Crippen molar-refractivity contribution in [3.05, 3.63) is 71.8 Å². The van der Waals surface area contributed by atoms with E-state index in [0.29, 0.717) is 11.8 Å². The van der Waals surface area contributed by atoms with Crippen LogP contribution in [0.3, 0.4) is 0 Å². The lowest BCUT2D eigenvalue weighted by Crippen LogP contribution is -2.55. The zero-order valence-corrected chi connectivity index (χ0v) is 20.0. The Labute approximate surface area is 208 Å². The number of carboxylic acids is 1. The minimum Gasteiger partial charge on any atom is -0.480 e.